The molecule has 7 nitrogen and oxygen atoms in total. The Morgan fingerprint density at radius 1 is 0.800 bits per heavy atom. The van der Waals surface area contributed by atoms with Crippen molar-refractivity contribution in [1.82, 2.24) is 10.2 Å². The van der Waals surface area contributed by atoms with Gasteiger partial charge < -0.3 is 25.0 Å². The number of piperidine rings is 1. The summed E-state index contributed by atoms with van der Waals surface area (Å²) in [6.07, 6.45) is 1.93. The first kappa shape index (κ1) is 32.5. The second-order valence-electron chi connectivity index (χ2n) is 14.2. The summed E-state index contributed by atoms with van der Waals surface area (Å²) in [6.45, 7) is 8.16. The number of phenolic OH excluding ortho intramolecular Hbond substituents is 1. The van der Waals surface area contributed by atoms with Crippen LogP contribution in [0.3, 0.4) is 0 Å². The predicted molar refractivity (Wildman–Crippen MR) is 187 cm³/mol. The molecule has 4 aromatic carbocycles. The minimum absolute atomic E-state index is 0.105. The van der Waals surface area contributed by atoms with Crippen LogP contribution in [-0.4, -0.2) is 68.3 Å². The van der Waals surface area contributed by atoms with E-state index >= 15 is 4.39 Å². The van der Waals surface area contributed by atoms with Gasteiger partial charge in [-0.1, -0.05) is 24.3 Å². The van der Waals surface area contributed by atoms with E-state index in [1.165, 1.54) is 12.1 Å². The number of anilines is 2. The van der Waals surface area contributed by atoms with Gasteiger partial charge in [0.1, 0.15) is 29.0 Å². The smallest absolute Gasteiger partial charge is 0.252 e. The number of ether oxygens (including phenoxy) is 1. The molecule has 2 N–H and O–H groups in total. The van der Waals surface area contributed by atoms with E-state index in [0.29, 0.717) is 47.3 Å². The number of nitrogens with zero attached hydrogens (tertiary/aromatic N) is 3. The molecule has 0 radical (unpaired) electrons. The Balaban J connectivity index is 0.913. The van der Waals surface area contributed by atoms with Crippen LogP contribution >= 0.6 is 0 Å². The van der Waals surface area contributed by atoms with Crippen LogP contribution < -0.4 is 19.9 Å². The normalized spacial score (nSPS) is 21.1. The molecular weight excluding hydrogens is 641 g/mol. The van der Waals surface area contributed by atoms with E-state index in [1.807, 2.05) is 30.3 Å². The minimum Gasteiger partial charge on any atom is -0.508 e. The number of amides is 1. The highest BCUT2D eigenvalue weighted by molar-refractivity contribution is 5.98. The zero-order valence-electron chi connectivity index (χ0n) is 28.1. The van der Waals surface area contributed by atoms with Gasteiger partial charge in [-0.2, -0.15) is 0 Å². The molecule has 0 saturated carbocycles. The van der Waals surface area contributed by atoms with Crippen molar-refractivity contribution in [2.24, 2.45) is 5.92 Å². The SMILES string of the molecule is Cc1cc(C2COc3cc(O)ccc3C2c2ccc(N3CCC(CN4CCN(c5cc6c(cc5F)C(=O)NC6)CC4)CC3)c(F)c2)ccc1F. The number of fused-ring (bicyclic) bond motifs is 2. The van der Waals surface area contributed by atoms with E-state index < -0.39 is 0 Å². The number of hydrogen-bond donors (Lipinski definition) is 2. The number of carbonyl (C=O) groups excluding carboxylic acids is 1. The maximum Gasteiger partial charge on any atom is 0.252 e. The summed E-state index contributed by atoms with van der Waals surface area (Å²) >= 11 is 0. The highest BCUT2D eigenvalue weighted by atomic mass is 19.1. The van der Waals surface area contributed by atoms with Crippen molar-refractivity contribution >= 4 is 17.3 Å². The molecule has 50 heavy (non-hydrogen) atoms. The van der Waals surface area contributed by atoms with Gasteiger partial charge in [-0.25, -0.2) is 13.2 Å². The molecular formula is C40H41F3N4O3. The van der Waals surface area contributed by atoms with Gasteiger partial charge in [0.05, 0.1) is 18.0 Å². The number of hydrogen-bond acceptors (Lipinski definition) is 6. The summed E-state index contributed by atoms with van der Waals surface area (Å²) in [6, 6.07) is 18.8. The third-order valence-corrected chi connectivity index (χ3v) is 11.1. The Morgan fingerprint density at radius 2 is 1.54 bits per heavy atom. The van der Waals surface area contributed by atoms with E-state index in [2.05, 4.69) is 20.0 Å². The molecule has 0 spiro atoms. The topological polar surface area (TPSA) is 68.3 Å². The first-order valence-corrected chi connectivity index (χ1v) is 17.6. The van der Waals surface area contributed by atoms with Gasteiger partial charge in [0, 0.05) is 81.4 Å². The van der Waals surface area contributed by atoms with Crippen molar-refractivity contribution < 1.29 is 27.8 Å². The standard InChI is InChI=1S/C40H41F3N4O3/c1-24-16-26(2-6-33(24)41)32-23-50-38-19-29(48)4-5-30(38)39(32)27-3-7-36(34(42)17-27)46-10-8-25(9-11-46)22-45-12-14-47(15-13-45)37-18-28-21-44-40(49)31(28)20-35(37)43/h2-7,16-20,25,32,39,48H,8-15,21-23H2,1H3,(H,44,49). The Kier molecular flexibility index (Phi) is 8.59. The fourth-order valence-corrected chi connectivity index (χ4v) is 8.34. The van der Waals surface area contributed by atoms with Gasteiger partial charge in [0.15, 0.2) is 0 Å². The lowest BCUT2D eigenvalue weighted by molar-refractivity contribution is 0.0965. The number of piperazine rings is 1. The molecule has 4 aromatic rings. The number of halogens is 3. The van der Waals surface area contributed by atoms with Crippen LogP contribution in [0.4, 0.5) is 24.5 Å². The molecule has 0 aromatic heterocycles. The molecule has 2 saturated heterocycles. The second kappa shape index (κ2) is 13.2. The lowest BCUT2D eigenvalue weighted by atomic mass is 9.75. The van der Waals surface area contributed by atoms with Gasteiger partial charge in [-0.05, 0) is 84.3 Å². The third-order valence-electron chi connectivity index (χ3n) is 11.1. The largest absolute Gasteiger partial charge is 0.508 e. The first-order chi connectivity index (χ1) is 24.2. The lowest BCUT2D eigenvalue weighted by Gasteiger charge is -2.40. The molecule has 4 aliphatic heterocycles. The van der Waals surface area contributed by atoms with Gasteiger partial charge in [-0.15, -0.1) is 0 Å². The molecule has 0 bridgehead atoms. The zero-order chi connectivity index (χ0) is 34.5. The first-order valence-electron chi connectivity index (χ1n) is 17.6. The highest BCUT2D eigenvalue weighted by Gasteiger charge is 2.35. The molecule has 8 rings (SSSR count). The van der Waals surface area contributed by atoms with Gasteiger partial charge >= 0.3 is 0 Å². The Hall–Kier alpha value is -4.70. The maximum atomic E-state index is 16.0. The second-order valence-corrected chi connectivity index (χ2v) is 14.2. The van der Waals surface area contributed by atoms with Crippen LogP contribution in [0.2, 0.25) is 0 Å². The Bertz CT molecular complexity index is 1940. The van der Waals surface area contributed by atoms with Crippen molar-refractivity contribution in [3.8, 4) is 11.5 Å². The summed E-state index contributed by atoms with van der Waals surface area (Å²) < 4.78 is 51.1. The van der Waals surface area contributed by atoms with Crippen LogP contribution in [0.1, 0.15) is 62.9 Å². The summed E-state index contributed by atoms with van der Waals surface area (Å²) in [5.74, 6) is -0.309. The fraction of sp³-hybridized carbons (Fsp3) is 0.375. The van der Waals surface area contributed by atoms with E-state index in [9.17, 15) is 18.7 Å². The number of benzene rings is 4. The molecule has 0 aliphatic carbocycles. The van der Waals surface area contributed by atoms with Crippen LogP contribution in [0.5, 0.6) is 11.5 Å². The average Bonchev–Trinajstić information content (AvgIpc) is 3.48. The number of carbonyl (C=O) groups is 1. The quantitative estimate of drug-likeness (QED) is 0.236. The molecule has 1 amide bonds. The van der Waals surface area contributed by atoms with Crippen molar-refractivity contribution in [3.63, 3.8) is 0 Å². The third kappa shape index (κ3) is 6.14. The molecule has 4 heterocycles. The van der Waals surface area contributed by atoms with Crippen LogP contribution in [0, 0.1) is 30.3 Å². The fourth-order valence-electron chi connectivity index (χ4n) is 8.34. The lowest BCUT2D eigenvalue weighted by Crippen LogP contribution is -2.49. The number of nitrogens with one attached hydrogen (secondary N) is 1. The zero-order valence-corrected chi connectivity index (χ0v) is 28.1. The number of rotatable bonds is 6. The molecule has 10 heteroatoms. The molecule has 2 fully saturated rings. The maximum absolute atomic E-state index is 16.0. The Morgan fingerprint density at radius 3 is 2.30 bits per heavy atom. The minimum atomic E-state index is -0.345. The highest BCUT2D eigenvalue weighted by Crippen LogP contribution is 2.47. The number of phenols is 1. The Labute approximate surface area is 290 Å². The van der Waals surface area contributed by atoms with Crippen molar-refractivity contribution in [2.45, 2.75) is 38.1 Å². The van der Waals surface area contributed by atoms with Gasteiger partial charge in [0.25, 0.3) is 5.91 Å². The van der Waals surface area contributed by atoms with E-state index in [1.54, 1.807) is 31.2 Å². The van der Waals surface area contributed by atoms with Crippen molar-refractivity contribution in [1.29, 1.82) is 0 Å². The van der Waals surface area contributed by atoms with Crippen LogP contribution in [0.25, 0.3) is 0 Å². The molecule has 4 aliphatic rings. The molecule has 260 valence electrons. The monoisotopic (exact) mass is 682 g/mol. The number of aromatic hydroxyl groups is 1. The molecule has 2 unspecified atom stereocenters. The van der Waals surface area contributed by atoms with Crippen molar-refractivity contribution in [2.75, 3.05) is 62.2 Å². The van der Waals surface area contributed by atoms with Crippen LogP contribution in [-0.2, 0) is 6.54 Å². The summed E-state index contributed by atoms with van der Waals surface area (Å²) in [7, 11) is 0. The molecule has 2 atom stereocenters. The van der Waals surface area contributed by atoms with E-state index in [4.69, 9.17) is 4.74 Å². The van der Waals surface area contributed by atoms with E-state index in [0.717, 1.165) is 80.9 Å². The summed E-state index contributed by atoms with van der Waals surface area (Å²) in [5.41, 5.74) is 5.60. The van der Waals surface area contributed by atoms with E-state index in [-0.39, 0.29) is 40.9 Å². The summed E-state index contributed by atoms with van der Waals surface area (Å²) in [5, 5.41) is 12.9. The average molecular weight is 683 g/mol. The van der Waals surface area contributed by atoms with Crippen LogP contribution in [0.15, 0.2) is 66.7 Å². The van der Waals surface area contributed by atoms with Gasteiger partial charge in [0.2, 0.25) is 0 Å². The van der Waals surface area contributed by atoms with Crippen molar-refractivity contribution in [3.05, 3.63) is 118 Å². The summed E-state index contributed by atoms with van der Waals surface area (Å²) in [4.78, 5) is 18.6. The number of aryl methyl sites for hydroxylation is 1. The van der Waals surface area contributed by atoms with Gasteiger partial charge in [-0.3, -0.25) is 9.69 Å². The predicted octanol–water partition coefficient (Wildman–Crippen LogP) is 6.71.